The maximum atomic E-state index is 11.5. The lowest BCUT2D eigenvalue weighted by Crippen LogP contribution is -2.42. The van der Waals surface area contributed by atoms with Crippen molar-refractivity contribution in [1.29, 1.82) is 0 Å². The van der Waals surface area contributed by atoms with Gasteiger partial charge in [-0.3, -0.25) is 0 Å². The van der Waals surface area contributed by atoms with Crippen molar-refractivity contribution in [1.82, 2.24) is 0 Å². The molecular formula is C15H22NO2+. The number of likely N-dealkylation sites (N-methyl/N-ethyl adjacent to an activating group) is 1. The van der Waals surface area contributed by atoms with Gasteiger partial charge in [0.15, 0.2) is 0 Å². The van der Waals surface area contributed by atoms with E-state index in [2.05, 4.69) is 21.0 Å². The van der Waals surface area contributed by atoms with E-state index in [4.69, 9.17) is 4.74 Å². The molecular weight excluding hydrogens is 226 g/mol. The van der Waals surface area contributed by atoms with Crippen LogP contribution in [0.1, 0.15) is 12.5 Å². The maximum absolute atomic E-state index is 11.5. The molecule has 98 valence electrons. The van der Waals surface area contributed by atoms with Gasteiger partial charge in [0.25, 0.3) is 0 Å². The molecule has 0 N–H and O–H groups in total. The molecule has 0 radical (unpaired) electrons. The van der Waals surface area contributed by atoms with Gasteiger partial charge in [-0.1, -0.05) is 30.3 Å². The largest absolute Gasteiger partial charge is 0.457 e. The summed E-state index contributed by atoms with van der Waals surface area (Å²) < 4.78 is 6.02. The minimum absolute atomic E-state index is 0.282. The first-order chi connectivity index (χ1) is 8.53. The number of quaternary nitrogens is 1. The molecule has 1 aromatic rings. The molecule has 3 nitrogen and oxygen atoms in total. The van der Waals surface area contributed by atoms with Crippen LogP contribution in [0.5, 0.6) is 0 Å². The minimum Gasteiger partial charge on any atom is -0.457 e. The molecule has 0 aliphatic rings. The van der Waals surface area contributed by atoms with Crippen molar-refractivity contribution in [2.24, 2.45) is 0 Å². The normalized spacial score (nSPS) is 11.7. The van der Waals surface area contributed by atoms with Gasteiger partial charge in [0.05, 0.1) is 20.6 Å². The van der Waals surface area contributed by atoms with Gasteiger partial charge in [-0.05, 0) is 18.6 Å². The number of esters is 1. The number of carbonyl (C=O) groups excluding carboxylic acids is 1. The third kappa shape index (κ3) is 5.64. The number of carbonyl (C=O) groups is 1. The summed E-state index contributed by atoms with van der Waals surface area (Å²) in [5.74, 6) is -0.282. The molecule has 0 bridgehead atoms. The van der Waals surface area contributed by atoms with E-state index in [9.17, 15) is 4.79 Å². The molecule has 1 aromatic carbocycles. The van der Waals surface area contributed by atoms with Gasteiger partial charge in [0.1, 0.15) is 13.2 Å². The van der Waals surface area contributed by atoms with Crippen LogP contribution in [-0.2, 0) is 9.53 Å². The third-order valence-electron chi connectivity index (χ3n) is 3.01. The second-order valence-electron chi connectivity index (χ2n) is 4.89. The zero-order chi connectivity index (χ0) is 13.4. The average molecular weight is 248 g/mol. The van der Waals surface area contributed by atoms with Crippen LogP contribution < -0.4 is 0 Å². The van der Waals surface area contributed by atoms with E-state index in [1.165, 1.54) is 6.08 Å². The predicted octanol–water partition coefficient (Wildman–Crippen LogP) is 2.34. The standard InChI is InChI=1S/C15H22NO2/c1-4-16(2,3)12-13-18-15(17)11-10-14-8-6-5-7-9-14/h5-11H,4,12-13H2,1-3H3/q+1. The molecule has 0 unspecified atom stereocenters. The van der Waals surface area contributed by atoms with E-state index in [0.717, 1.165) is 23.1 Å². The summed E-state index contributed by atoms with van der Waals surface area (Å²) >= 11 is 0. The van der Waals surface area contributed by atoms with E-state index >= 15 is 0 Å². The summed E-state index contributed by atoms with van der Waals surface area (Å²) in [6.45, 7) is 4.44. The highest BCUT2D eigenvalue weighted by molar-refractivity contribution is 5.86. The van der Waals surface area contributed by atoms with Crippen LogP contribution in [0.4, 0.5) is 0 Å². The summed E-state index contributed by atoms with van der Waals surface area (Å²) in [5.41, 5.74) is 0.999. The number of benzene rings is 1. The monoisotopic (exact) mass is 248 g/mol. The zero-order valence-electron chi connectivity index (χ0n) is 11.4. The molecule has 0 fully saturated rings. The molecule has 0 aromatic heterocycles. The van der Waals surface area contributed by atoms with Crippen molar-refractivity contribution in [3.8, 4) is 0 Å². The predicted molar refractivity (Wildman–Crippen MR) is 74.0 cm³/mol. The topological polar surface area (TPSA) is 26.3 Å². The van der Waals surface area contributed by atoms with Gasteiger partial charge in [-0.25, -0.2) is 4.79 Å². The summed E-state index contributed by atoms with van der Waals surface area (Å²) in [6.07, 6.45) is 3.24. The zero-order valence-corrected chi connectivity index (χ0v) is 11.4. The Morgan fingerprint density at radius 1 is 1.28 bits per heavy atom. The fraction of sp³-hybridized carbons (Fsp3) is 0.400. The van der Waals surface area contributed by atoms with Crippen molar-refractivity contribution in [2.45, 2.75) is 6.92 Å². The van der Waals surface area contributed by atoms with Gasteiger partial charge in [0, 0.05) is 6.08 Å². The lowest BCUT2D eigenvalue weighted by Gasteiger charge is -2.27. The lowest BCUT2D eigenvalue weighted by atomic mass is 10.2. The molecule has 18 heavy (non-hydrogen) atoms. The number of nitrogens with zero attached hydrogens (tertiary/aromatic N) is 1. The highest BCUT2D eigenvalue weighted by Gasteiger charge is 2.11. The second-order valence-corrected chi connectivity index (χ2v) is 4.89. The van der Waals surface area contributed by atoms with E-state index in [1.54, 1.807) is 6.08 Å². The average Bonchev–Trinajstić information content (AvgIpc) is 2.37. The number of hydrogen-bond acceptors (Lipinski definition) is 2. The van der Waals surface area contributed by atoms with Gasteiger partial charge < -0.3 is 9.22 Å². The van der Waals surface area contributed by atoms with E-state index in [0.29, 0.717) is 6.61 Å². The Morgan fingerprint density at radius 2 is 1.94 bits per heavy atom. The van der Waals surface area contributed by atoms with Crippen LogP contribution in [-0.4, -0.2) is 44.2 Å². The van der Waals surface area contributed by atoms with E-state index < -0.39 is 0 Å². The van der Waals surface area contributed by atoms with Crippen LogP contribution in [0.2, 0.25) is 0 Å². The van der Waals surface area contributed by atoms with Crippen molar-refractivity contribution in [3.63, 3.8) is 0 Å². The molecule has 3 heteroatoms. The Labute approximate surface area is 109 Å². The first-order valence-electron chi connectivity index (χ1n) is 6.25. The SMILES string of the molecule is CC[N+](C)(C)CCOC(=O)C=Cc1ccccc1. The maximum Gasteiger partial charge on any atom is 0.330 e. The highest BCUT2D eigenvalue weighted by Crippen LogP contribution is 2.01. The van der Waals surface area contributed by atoms with Crippen molar-refractivity contribution in [3.05, 3.63) is 42.0 Å². The van der Waals surface area contributed by atoms with Crippen molar-refractivity contribution < 1.29 is 14.0 Å². The second kappa shape index (κ2) is 6.97. The molecule has 0 saturated carbocycles. The number of ether oxygens (including phenoxy) is 1. The molecule has 0 spiro atoms. The quantitative estimate of drug-likeness (QED) is 0.439. The Kier molecular flexibility index (Phi) is 5.59. The van der Waals surface area contributed by atoms with Gasteiger partial charge in [0.2, 0.25) is 0 Å². The Balaban J connectivity index is 2.32. The van der Waals surface area contributed by atoms with Crippen molar-refractivity contribution >= 4 is 12.0 Å². The molecule has 0 amide bonds. The van der Waals surface area contributed by atoms with Crippen LogP contribution in [0.25, 0.3) is 6.08 Å². The Bertz CT molecular complexity index is 396. The smallest absolute Gasteiger partial charge is 0.330 e. The molecule has 0 heterocycles. The van der Waals surface area contributed by atoms with Crippen LogP contribution >= 0.6 is 0 Å². The minimum atomic E-state index is -0.282. The molecule has 0 aliphatic carbocycles. The summed E-state index contributed by atoms with van der Waals surface area (Å²) in [4.78, 5) is 11.5. The fourth-order valence-corrected chi connectivity index (χ4v) is 1.33. The number of hydrogen-bond donors (Lipinski definition) is 0. The summed E-state index contributed by atoms with van der Waals surface area (Å²) in [5, 5.41) is 0. The first kappa shape index (κ1) is 14.5. The van der Waals surface area contributed by atoms with Crippen molar-refractivity contribution in [2.75, 3.05) is 33.8 Å². The Hall–Kier alpha value is -1.61. The fourth-order valence-electron chi connectivity index (χ4n) is 1.33. The number of rotatable bonds is 6. The molecule has 0 atom stereocenters. The lowest BCUT2D eigenvalue weighted by molar-refractivity contribution is -0.888. The summed E-state index contributed by atoms with van der Waals surface area (Å²) in [7, 11) is 4.24. The third-order valence-corrected chi connectivity index (χ3v) is 3.01. The van der Waals surface area contributed by atoms with Crippen LogP contribution in [0.3, 0.4) is 0 Å². The summed E-state index contributed by atoms with van der Waals surface area (Å²) in [6, 6.07) is 9.71. The molecule has 1 rings (SSSR count). The first-order valence-corrected chi connectivity index (χ1v) is 6.25. The van der Waals surface area contributed by atoms with Crippen LogP contribution in [0.15, 0.2) is 36.4 Å². The van der Waals surface area contributed by atoms with Gasteiger partial charge in [-0.2, -0.15) is 0 Å². The van der Waals surface area contributed by atoms with E-state index in [1.807, 2.05) is 30.3 Å². The highest BCUT2D eigenvalue weighted by atomic mass is 16.5. The van der Waals surface area contributed by atoms with Gasteiger partial charge >= 0.3 is 5.97 Å². The van der Waals surface area contributed by atoms with E-state index in [-0.39, 0.29) is 5.97 Å². The Morgan fingerprint density at radius 3 is 2.56 bits per heavy atom. The molecule has 0 saturated heterocycles. The molecule has 0 aliphatic heterocycles. The van der Waals surface area contributed by atoms with Crippen LogP contribution in [0, 0.1) is 0 Å². The van der Waals surface area contributed by atoms with Gasteiger partial charge in [-0.15, -0.1) is 0 Å².